The molecule has 0 fully saturated rings. The van der Waals surface area contributed by atoms with Gasteiger partial charge in [0.15, 0.2) is 0 Å². The van der Waals surface area contributed by atoms with E-state index in [4.69, 9.17) is 5.11 Å². The summed E-state index contributed by atoms with van der Waals surface area (Å²) in [6, 6.07) is 0. The van der Waals surface area contributed by atoms with Crippen molar-refractivity contribution in [2.75, 3.05) is 6.54 Å². The van der Waals surface area contributed by atoms with Crippen LogP contribution in [0.4, 0.5) is 0 Å². The van der Waals surface area contributed by atoms with Crippen molar-refractivity contribution in [2.45, 2.75) is 19.4 Å². The Balaban J connectivity index is 4.04. The maximum absolute atomic E-state index is 10.9. The van der Waals surface area contributed by atoms with Gasteiger partial charge in [0, 0.05) is 0 Å². The first-order chi connectivity index (χ1) is 5.90. The molecule has 0 saturated heterocycles. The average Bonchev–Trinajstić information content (AvgIpc) is 1.99. The molecule has 0 aromatic heterocycles. The normalized spacial score (nSPS) is 10.3. The van der Waals surface area contributed by atoms with Crippen LogP contribution in [0.15, 0.2) is 0 Å². The lowest BCUT2D eigenvalue weighted by molar-refractivity contribution is -0.145. The predicted octanol–water partition coefficient (Wildman–Crippen LogP) is -1.29. The van der Waals surface area contributed by atoms with Gasteiger partial charge in [0.25, 0.3) is 0 Å². The fraction of sp³-hybridized carbons (Fsp3) is 0.571. The number of carboxylic acids is 1. The number of hydrogen-bond acceptors (Lipinski definition) is 3. The van der Waals surface area contributed by atoms with Gasteiger partial charge in [-0.3, -0.25) is 9.59 Å². The molecule has 0 aromatic carbocycles. The third-order valence-corrected chi connectivity index (χ3v) is 1.33. The Hall–Kier alpha value is -1.59. The Labute approximate surface area is 75.3 Å². The Kier molecular flexibility index (Phi) is 3.90. The minimum absolute atomic E-state index is 0.222. The molecule has 13 heavy (non-hydrogen) atoms. The molecule has 0 aliphatic rings. The smallest absolute Gasteiger partial charge is 0.328 e. The molecule has 0 aromatic rings. The van der Waals surface area contributed by atoms with Crippen molar-refractivity contribution in [2.24, 2.45) is 0 Å². The number of carbonyl (C=O) groups excluding carboxylic acids is 2. The highest BCUT2D eigenvalue weighted by Gasteiger charge is 2.28. The highest BCUT2D eigenvalue weighted by Crippen LogP contribution is 2.00. The van der Waals surface area contributed by atoms with E-state index in [0.717, 1.165) is 0 Å². The zero-order valence-electron chi connectivity index (χ0n) is 7.46. The summed E-state index contributed by atoms with van der Waals surface area (Å²) >= 11 is 0. The molecule has 0 spiro atoms. The van der Waals surface area contributed by atoms with Gasteiger partial charge in [0.05, 0.1) is 6.54 Å². The Bertz CT molecular complexity index is 225. The van der Waals surface area contributed by atoms with Crippen molar-refractivity contribution in [1.29, 1.82) is 0 Å². The van der Waals surface area contributed by atoms with E-state index < -0.39 is 17.4 Å². The van der Waals surface area contributed by atoms with Crippen LogP contribution < -0.4 is 10.6 Å². The van der Waals surface area contributed by atoms with Gasteiger partial charge in [0.2, 0.25) is 12.3 Å². The van der Waals surface area contributed by atoms with E-state index in [1.165, 1.54) is 13.8 Å². The van der Waals surface area contributed by atoms with Crippen molar-refractivity contribution in [3.05, 3.63) is 0 Å². The molecular weight excluding hydrogens is 176 g/mol. The van der Waals surface area contributed by atoms with Crippen LogP contribution in [0.2, 0.25) is 0 Å². The van der Waals surface area contributed by atoms with Crippen LogP contribution in [0.25, 0.3) is 0 Å². The Morgan fingerprint density at radius 2 is 2.00 bits per heavy atom. The van der Waals surface area contributed by atoms with Crippen LogP contribution in [0.5, 0.6) is 0 Å². The van der Waals surface area contributed by atoms with E-state index >= 15 is 0 Å². The van der Waals surface area contributed by atoms with E-state index in [9.17, 15) is 14.4 Å². The summed E-state index contributed by atoms with van der Waals surface area (Å²) in [5.41, 5.74) is -1.32. The number of carbonyl (C=O) groups is 3. The molecule has 74 valence electrons. The molecule has 6 heteroatoms. The molecule has 0 rings (SSSR count). The molecule has 0 atom stereocenters. The molecule has 0 aliphatic carbocycles. The van der Waals surface area contributed by atoms with Gasteiger partial charge < -0.3 is 15.7 Å². The first-order valence-electron chi connectivity index (χ1n) is 3.61. The summed E-state index contributed by atoms with van der Waals surface area (Å²) < 4.78 is 0. The third kappa shape index (κ3) is 4.09. The molecule has 6 nitrogen and oxygen atoms in total. The second-order valence-corrected chi connectivity index (χ2v) is 2.98. The Morgan fingerprint density at radius 3 is 2.38 bits per heavy atom. The summed E-state index contributed by atoms with van der Waals surface area (Å²) in [6.07, 6.45) is 0.368. The molecular formula is C7H12N2O4. The first kappa shape index (κ1) is 11.4. The summed E-state index contributed by atoms with van der Waals surface area (Å²) in [5, 5.41) is 13.0. The van der Waals surface area contributed by atoms with Gasteiger partial charge in [0.1, 0.15) is 5.54 Å². The highest BCUT2D eigenvalue weighted by atomic mass is 16.4. The van der Waals surface area contributed by atoms with E-state index in [-0.39, 0.29) is 6.54 Å². The van der Waals surface area contributed by atoms with Gasteiger partial charge in [-0.1, -0.05) is 0 Å². The Morgan fingerprint density at radius 1 is 1.46 bits per heavy atom. The van der Waals surface area contributed by atoms with E-state index in [1.54, 1.807) is 0 Å². The summed E-state index contributed by atoms with van der Waals surface area (Å²) in [5.74, 6) is -1.67. The molecule has 0 unspecified atom stereocenters. The fourth-order valence-electron chi connectivity index (χ4n) is 0.581. The lowest BCUT2D eigenvalue weighted by Gasteiger charge is -2.20. The van der Waals surface area contributed by atoms with Crippen LogP contribution in [0, 0.1) is 0 Å². The maximum atomic E-state index is 10.9. The molecule has 0 radical (unpaired) electrons. The first-order valence-corrected chi connectivity index (χ1v) is 3.61. The third-order valence-electron chi connectivity index (χ3n) is 1.33. The SMILES string of the molecule is CC(C)(NC(=O)CNC=O)C(=O)O. The van der Waals surface area contributed by atoms with Crippen molar-refractivity contribution < 1.29 is 19.5 Å². The highest BCUT2D eigenvalue weighted by molar-refractivity contribution is 5.87. The molecule has 0 heterocycles. The molecule has 0 bridgehead atoms. The number of hydrogen-bond donors (Lipinski definition) is 3. The van der Waals surface area contributed by atoms with Gasteiger partial charge in [-0.05, 0) is 13.8 Å². The number of rotatable bonds is 5. The van der Waals surface area contributed by atoms with Crippen LogP contribution in [-0.4, -0.2) is 35.5 Å². The molecule has 0 aliphatic heterocycles. The largest absolute Gasteiger partial charge is 0.480 e. The maximum Gasteiger partial charge on any atom is 0.328 e. The van der Waals surface area contributed by atoms with Crippen molar-refractivity contribution in [3.63, 3.8) is 0 Å². The average molecular weight is 188 g/mol. The fourth-order valence-corrected chi connectivity index (χ4v) is 0.581. The zero-order chi connectivity index (χ0) is 10.5. The molecule has 0 saturated carbocycles. The molecule has 3 N–H and O–H groups in total. The lowest BCUT2D eigenvalue weighted by atomic mass is 10.1. The topological polar surface area (TPSA) is 95.5 Å². The van der Waals surface area contributed by atoms with Crippen LogP contribution in [0.1, 0.15) is 13.8 Å². The van der Waals surface area contributed by atoms with Crippen LogP contribution in [-0.2, 0) is 14.4 Å². The van der Waals surface area contributed by atoms with Crippen molar-refractivity contribution in [3.8, 4) is 0 Å². The predicted molar refractivity (Wildman–Crippen MR) is 43.9 cm³/mol. The summed E-state index contributed by atoms with van der Waals surface area (Å²) in [4.78, 5) is 31.3. The van der Waals surface area contributed by atoms with Crippen LogP contribution in [0.3, 0.4) is 0 Å². The number of carboxylic acid groups (broad SMARTS) is 1. The minimum Gasteiger partial charge on any atom is -0.480 e. The lowest BCUT2D eigenvalue weighted by Crippen LogP contribution is -2.51. The van der Waals surface area contributed by atoms with Crippen molar-refractivity contribution >= 4 is 18.3 Å². The van der Waals surface area contributed by atoms with Gasteiger partial charge in [-0.2, -0.15) is 0 Å². The minimum atomic E-state index is -1.32. The standard InChI is InChI=1S/C7H12N2O4/c1-7(2,6(12)13)9-5(11)3-8-4-10/h4H,3H2,1-2H3,(H,8,10)(H,9,11)(H,12,13). The number of amides is 2. The van der Waals surface area contributed by atoms with Gasteiger partial charge in [-0.25, -0.2) is 4.79 Å². The second kappa shape index (κ2) is 4.44. The van der Waals surface area contributed by atoms with Crippen molar-refractivity contribution in [1.82, 2.24) is 10.6 Å². The summed E-state index contributed by atoms with van der Waals surface area (Å²) in [7, 11) is 0. The monoisotopic (exact) mass is 188 g/mol. The van der Waals surface area contributed by atoms with Gasteiger partial charge >= 0.3 is 5.97 Å². The number of aliphatic carboxylic acids is 1. The molecule has 2 amide bonds. The number of nitrogens with one attached hydrogen (secondary N) is 2. The van der Waals surface area contributed by atoms with Gasteiger partial charge in [-0.15, -0.1) is 0 Å². The van der Waals surface area contributed by atoms with E-state index in [1.807, 2.05) is 0 Å². The zero-order valence-corrected chi connectivity index (χ0v) is 7.46. The second-order valence-electron chi connectivity index (χ2n) is 2.98. The van der Waals surface area contributed by atoms with E-state index in [2.05, 4.69) is 10.6 Å². The summed E-state index contributed by atoms with van der Waals surface area (Å²) in [6.45, 7) is 2.49. The quantitative estimate of drug-likeness (QED) is 0.468. The van der Waals surface area contributed by atoms with Crippen LogP contribution >= 0.6 is 0 Å². The van der Waals surface area contributed by atoms with E-state index in [0.29, 0.717) is 6.41 Å².